The lowest BCUT2D eigenvalue weighted by molar-refractivity contribution is -0.454. The van der Waals surface area contributed by atoms with E-state index in [1.807, 2.05) is 0 Å². The van der Waals surface area contributed by atoms with Gasteiger partial charge in [-0.1, -0.05) is 0 Å². The number of hydrogen-bond donors (Lipinski definition) is 17. The fraction of sp³-hybridized carbons (Fsp3) is 0.917. The summed E-state index contributed by atoms with van der Waals surface area (Å²) in [5.41, 5.74) is -8.30. The quantitative estimate of drug-likeness (QED) is 0.104. The first-order chi connectivity index (χ1) is 22.2. The molecule has 0 aromatic rings. The molecular formula is C24H38O24. The number of ether oxygens (including phenoxy) is 5. The van der Waals surface area contributed by atoms with Crippen LogP contribution in [0.4, 0.5) is 0 Å². The van der Waals surface area contributed by atoms with Gasteiger partial charge < -0.3 is 110 Å². The lowest BCUT2D eigenvalue weighted by Gasteiger charge is -2.60. The third-order valence-electron chi connectivity index (χ3n) is 9.19. The highest BCUT2D eigenvalue weighted by molar-refractivity contribution is 5.95. The summed E-state index contributed by atoms with van der Waals surface area (Å²) >= 11 is 0. The van der Waals surface area contributed by atoms with Gasteiger partial charge in [0.2, 0.25) is 11.6 Å². The molecule has 4 aliphatic rings. The molecule has 3 unspecified atom stereocenters. The van der Waals surface area contributed by atoms with E-state index >= 15 is 0 Å². The second-order valence-electron chi connectivity index (χ2n) is 11.8. The number of aliphatic hydroxyl groups excluding tert-OH is 14. The van der Waals surface area contributed by atoms with Crippen molar-refractivity contribution in [3.8, 4) is 0 Å². The molecule has 0 aromatic heterocycles. The minimum absolute atomic E-state index is 1.27. The van der Waals surface area contributed by atoms with Crippen LogP contribution in [-0.4, -0.2) is 233 Å². The van der Waals surface area contributed by atoms with Gasteiger partial charge in [0.1, 0.15) is 73.2 Å². The van der Waals surface area contributed by atoms with Gasteiger partial charge in [-0.2, -0.15) is 0 Å². The van der Waals surface area contributed by atoms with E-state index in [2.05, 4.69) is 0 Å². The van der Waals surface area contributed by atoms with Gasteiger partial charge in [0.05, 0.1) is 26.4 Å². The van der Waals surface area contributed by atoms with Crippen molar-refractivity contribution in [3.63, 3.8) is 0 Å². The zero-order valence-corrected chi connectivity index (χ0v) is 24.3. The summed E-state index contributed by atoms with van der Waals surface area (Å²) in [7, 11) is 0. The van der Waals surface area contributed by atoms with Crippen molar-refractivity contribution in [2.75, 3.05) is 26.4 Å². The second-order valence-corrected chi connectivity index (χ2v) is 11.8. The number of aliphatic hydroxyl groups is 17. The second kappa shape index (κ2) is 13.0. The van der Waals surface area contributed by atoms with Crippen molar-refractivity contribution in [2.24, 2.45) is 0 Å². The highest BCUT2D eigenvalue weighted by Crippen LogP contribution is 2.51. The van der Waals surface area contributed by atoms with E-state index in [1.54, 1.807) is 0 Å². The summed E-state index contributed by atoms with van der Waals surface area (Å²) in [6.07, 6.45) is -34.0. The molecule has 0 saturated carbocycles. The summed E-state index contributed by atoms with van der Waals surface area (Å²) in [6, 6.07) is 0. The number of carbonyl (C=O) groups excluding carboxylic acids is 2. The molecule has 18 atom stereocenters. The Kier molecular flexibility index (Phi) is 10.6. The summed E-state index contributed by atoms with van der Waals surface area (Å²) in [4.78, 5) is 28.0. The topological polar surface area (TPSA) is 424 Å². The Labute approximate surface area is 267 Å². The largest absolute Gasteiger partial charge is 0.435 e. The van der Waals surface area contributed by atoms with Gasteiger partial charge >= 0.3 is 11.9 Å². The maximum absolute atomic E-state index is 14.1. The predicted molar refractivity (Wildman–Crippen MR) is 136 cm³/mol. The van der Waals surface area contributed by atoms with Crippen LogP contribution in [0.25, 0.3) is 0 Å². The van der Waals surface area contributed by atoms with Gasteiger partial charge in [-0.25, -0.2) is 9.59 Å². The molecule has 278 valence electrons. The van der Waals surface area contributed by atoms with Crippen molar-refractivity contribution in [1.82, 2.24) is 0 Å². The van der Waals surface area contributed by atoms with E-state index in [4.69, 9.17) is 23.7 Å². The third-order valence-corrected chi connectivity index (χ3v) is 9.19. The first-order valence-electron chi connectivity index (χ1n) is 14.1. The summed E-state index contributed by atoms with van der Waals surface area (Å²) in [6.45, 7) is -5.98. The fourth-order valence-corrected chi connectivity index (χ4v) is 6.20. The Balaban J connectivity index is 1.96. The normalized spacial score (nSPS) is 53.9. The standard InChI is InChI=1S/C24H38O24/c25-1-5-8(29)11(32)14(35)22(41,44-5)17(38)21(24(43)16(37)13(34)10(31)7(3-27)46-24)19(40)47-20(4-28,18(39)48-21)23(42)15(36)12(33)9(30)6(2-26)45-23/h5-17,25-38,41-43H,1-4H2/t5-,6-,7-,8+,9+,10+,11+,12+,13+,14-,15-,16-,17?,20?,21?,22+,23+,24+/m1/s1. The van der Waals surface area contributed by atoms with Crippen molar-refractivity contribution < 1.29 is 120 Å². The first-order valence-corrected chi connectivity index (χ1v) is 14.1. The number of carbonyl (C=O) groups is 2. The van der Waals surface area contributed by atoms with Crippen LogP contribution in [0.3, 0.4) is 0 Å². The third kappa shape index (κ3) is 5.00. The van der Waals surface area contributed by atoms with Crippen LogP contribution in [0.1, 0.15) is 0 Å². The smallest absolute Gasteiger partial charge is 0.361 e. The van der Waals surface area contributed by atoms with Crippen LogP contribution in [0, 0.1) is 0 Å². The average Bonchev–Trinajstić information content (AvgIpc) is 3.07. The minimum atomic E-state index is -4.43. The Morgan fingerprint density at radius 2 is 0.938 bits per heavy atom. The monoisotopic (exact) mass is 710 g/mol. The summed E-state index contributed by atoms with van der Waals surface area (Å²) in [5.74, 6) is -17.3. The molecule has 4 heterocycles. The number of esters is 2. The van der Waals surface area contributed by atoms with Gasteiger partial charge in [-0.05, 0) is 0 Å². The first kappa shape index (κ1) is 38.9. The average molecular weight is 711 g/mol. The molecule has 4 saturated heterocycles. The molecule has 48 heavy (non-hydrogen) atoms. The number of rotatable bonds is 8. The van der Waals surface area contributed by atoms with Crippen molar-refractivity contribution in [3.05, 3.63) is 0 Å². The van der Waals surface area contributed by atoms with E-state index in [0.717, 1.165) is 0 Å². The zero-order valence-electron chi connectivity index (χ0n) is 24.3. The Morgan fingerprint density at radius 1 is 0.542 bits per heavy atom. The van der Waals surface area contributed by atoms with Crippen LogP contribution in [-0.2, 0) is 33.3 Å². The van der Waals surface area contributed by atoms with Gasteiger partial charge in [-0.3, -0.25) is 0 Å². The van der Waals surface area contributed by atoms with Crippen molar-refractivity contribution >= 4 is 11.9 Å². The van der Waals surface area contributed by atoms with Crippen LogP contribution >= 0.6 is 0 Å². The molecule has 4 rings (SSSR count). The highest BCUT2D eigenvalue weighted by Gasteiger charge is 2.84. The van der Waals surface area contributed by atoms with Crippen LogP contribution in [0.15, 0.2) is 0 Å². The van der Waals surface area contributed by atoms with E-state index in [1.165, 1.54) is 0 Å². The van der Waals surface area contributed by atoms with Gasteiger partial charge in [0.15, 0.2) is 6.10 Å². The molecule has 0 aliphatic carbocycles. The van der Waals surface area contributed by atoms with E-state index < -0.39 is 146 Å². The fourth-order valence-electron chi connectivity index (χ4n) is 6.20. The molecule has 4 aliphatic heterocycles. The van der Waals surface area contributed by atoms with E-state index in [-0.39, 0.29) is 0 Å². The molecule has 24 heteroatoms. The van der Waals surface area contributed by atoms with Gasteiger partial charge in [0, 0.05) is 0 Å². The van der Waals surface area contributed by atoms with Crippen LogP contribution in [0.2, 0.25) is 0 Å². The molecule has 24 nitrogen and oxygen atoms in total. The lowest BCUT2D eigenvalue weighted by atomic mass is 9.71. The van der Waals surface area contributed by atoms with Crippen molar-refractivity contribution in [2.45, 2.75) is 108 Å². The van der Waals surface area contributed by atoms with Gasteiger partial charge in [0.25, 0.3) is 17.0 Å². The molecule has 17 N–H and O–H groups in total. The molecular weight excluding hydrogens is 672 g/mol. The molecule has 0 amide bonds. The van der Waals surface area contributed by atoms with Crippen LogP contribution < -0.4 is 0 Å². The van der Waals surface area contributed by atoms with Crippen molar-refractivity contribution in [1.29, 1.82) is 0 Å². The molecule has 0 radical (unpaired) electrons. The summed E-state index contributed by atoms with van der Waals surface area (Å²) in [5, 5.41) is 179. The maximum Gasteiger partial charge on any atom is 0.361 e. The number of cyclic esters (lactones) is 2. The van der Waals surface area contributed by atoms with Gasteiger partial charge in [-0.15, -0.1) is 0 Å². The molecule has 0 spiro atoms. The van der Waals surface area contributed by atoms with Crippen LogP contribution in [0.5, 0.6) is 0 Å². The lowest BCUT2D eigenvalue weighted by Crippen LogP contribution is -2.88. The summed E-state index contributed by atoms with van der Waals surface area (Å²) < 4.78 is 24.8. The Hall–Kier alpha value is -1.86. The molecule has 4 fully saturated rings. The highest BCUT2D eigenvalue weighted by atomic mass is 16.8. The Morgan fingerprint density at radius 3 is 1.38 bits per heavy atom. The minimum Gasteiger partial charge on any atom is -0.435 e. The molecule has 0 bridgehead atoms. The maximum atomic E-state index is 14.1. The van der Waals surface area contributed by atoms with E-state index in [9.17, 15) is 96.4 Å². The SMILES string of the molecule is O=C1OC(C(O)[C@@]2(O)O[C@H](CO)[C@H](O)[C@H](O)[C@H]2O)([C@@]2(O)O[C@H](CO)[C@H](O)[C@H](O)[C@H]2O)C(=O)OC1(CO)[C@@]1(O)O[C@H](CO)[C@H](O)[C@H](O)[C@H]1O. The molecule has 0 aromatic carbocycles. The predicted octanol–water partition coefficient (Wildman–Crippen LogP) is -12.6. The number of hydrogen-bond acceptors (Lipinski definition) is 24. The van der Waals surface area contributed by atoms with E-state index in [0.29, 0.717) is 0 Å². The zero-order chi connectivity index (χ0) is 36.5. The Bertz CT molecular complexity index is 1200.